The van der Waals surface area contributed by atoms with Gasteiger partial charge in [0.1, 0.15) is 0 Å². The van der Waals surface area contributed by atoms with Gasteiger partial charge in [-0.05, 0) is 25.1 Å². The fraction of sp³-hybridized carbons (Fsp3) is 0.0833. The Morgan fingerprint density at radius 1 is 1.22 bits per heavy atom. The standard InChI is InChI=1S/C12H8F2N2O2/c1-7-5-6-10(16(17)18)12(15-7)8-3-2-4-9(13)11(8)14/h2-6H,1H3. The Morgan fingerprint density at radius 3 is 2.61 bits per heavy atom. The van der Waals surface area contributed by atoms with Gasteiger partial charge >= 0.3 is 0 Å². The van der Waals surface area contributed by atoms with Crippen molar-refractivity contribution >= 4 is 5.69 Å². The van der Waals surface area contributed by atoms with E-state index in [-0.39, 0.29) is 16.9 Å². The summed E-state index contributed by atoms with van der Waals surface area (Å²) in [4.78, 5) is 14.1. The molecule has 0 unspecified atom stereocenters. The van der Waals surface area contributed by atoms with Crippen LogP contribution in [0.3, 0.4) is 0 Å². The van der Waals surface area contributed by atoms with Crippen LogP contribution in [0.25, 0.3) is 11.3 Å². The van der Waals surface area contributed by atoms with Crippen molar-refractivity contribution < 1.29 is 13.7 Å². The normalized spacial score (nSPS) is 10.4. The second kappa shape index (κ2) is 4.48. The van der Waals surface area contributed by atoms with Crippen LogP contribution >= 0.6 is 0 Å². The number of pyridine rings is 1. The average molecular weight is 250 g/mol. The number of nitro groups is 1. The van der Waals surface area contributed by atoms with Crippen LogP contribution in [0.5, 0.6) is 0 Å². The number of rotatable bonds is 2. The molecule has 1 aromatic heterocycles. The van der Waals surface area contributed by atoms with Crippen molar-refractivity contribution in [1.82, 2.24) is 4.98 Å². The summed E-state index contributed by atoms with van der Waals surface area (Å²) < 4.78 is 26.8. The Hall–Kier alpha value is -2.37. The molecule has 0 saturated carbocycles. The number of aryl methyl sites for hydroxylation is 1. The highest BCUT2D eigenvalue weighted by Gasteiger charge is 2.21. The lowest BCUT2D eigenvalue weighted by atomic mass is 10.1. The molecule has 1 aromatic carbocycles. The third-order valence-corrected chi connectivity index (χ3v) is 2.42. The molecule has 0 bridgehead atoms. The quantitative estimate of drug-likeness (QED) is 0.607. The fourth-order valence-electron chi connectivity index (χ4n) is 1.58. The molecule has 2 aromatic rings. The molecule has 0 radical (unpaired) electrons. The van der Waals surface area contributed by atoms with Gasteiger partial charge in [0.2, 0.25) is 0 Å². The van der Waals surface area contributed by atoms with E-state index < -0.39 is 16.6 Å². The van der Waals surface area contributed by atoms with E-state index in [0.29, 0.717) is 5.69 Å². The number of hydrogen-bond donors (Lipinski definition) is 0. The Kier molecular flexibility index (Phi) is 3.01. The summed E-state index contributed by atoms with van der Waals surface area (Å²) in [6.07, 6.45) is 0. The number of benzene rings is 1. The maximum Gasteiger partial charge on any atom is 0.295 e. The van der Waals surface area contributed by atoms with Gasteiger partial charge in [-0.2, -0.15) is 0 Å². The van der Waals surface area contributed by atoms with Gasteiger partial charge in [-0.15, -0.1) is 0 Å². The topological polar surface area (TPSA) is 56.0 Å². The van der Waals surface area contributed by atoms with E-state index >= 15 is 0 Å². The van der Waals surface area contributed by atoms with Gasteiger partial charge in [0.05, 0.1) is 4.92 Å². The van der Waals surface area contributed by atoms with E-state index in [1.54, 1.807) is 6.92 Å². The van der Waals surface area contributed by atoms with Crippen molar-refractivity contribution in [2.45, 2.75) is 6.92 Å². The van der Waals surface area contributed by atoms with Crippen LogP contribution in [-0.4, -0.2) is 9.91 Å². The molecule has 2 rings (SSSR count). The van der Waals surface area contributed by atoms with Gasteiger partial charge in [0, 0.05) is 17.3 Å². The first-order valence-electron chi connectivity index (χ1n) is 5.07. The summed E-state index contributed by atoms with van der Waals surface area (Å²) >= 11 is 0. The largest absolute Gasteiger partial charge is 0.295 e. The predicted molar refractivity (Wildman–Crippen MR) is 61.0 cm³/mol. The Labute approximate surface area is 101 Å². The fourth-order valence-corrected chi connectivity index (χ4v) is 1.58. The predicted octanol–water partition coefficient (Wildman–Crippen LogP) is 3.24. The maximum absolute atomic E-state index is 13.6. The first-order chi connectivity index (χ1) is 8.50. The van der Waals surface area contributed by atoms with E-state index in [4.69, 9.17) is 0 Å². The van der Waals surface area contributed by atoms with Crippen molar-refractivity contribution in [3.8, 4) is 11.3 Å². The Bertz CT molecular complexity index is 629. The van der Waals surface area contributed by atoms with E-state index in [1.807, 2.05) is 0 Å². The molecule has 0 N–H and O–H groups in total. The first kappa shape index (κ1) is 12.1. The van der Waals surface area contributed by atoms with Gasteiger partial charge in [0.25, 0.3) is 5.69 Å². The highest BCUT2D eigenvalue weighted by Crippen LogP contribution is 2.30. The van der Waals surface area contributed by atoms with Crippen molar-refractivity contribution in [3.63, 3.8) is 0 Å². The zero-order valence-electron chi connectivity index (χ0n) is 9.35. The van der Waals surface area contributed by atoms with Gasteiger partial charge in [-0.25, -0.2) is 13.8 Å². The molecule has 0 saturated heterocycles. The zero-order chi connectivity index (χ0) is 13.3. The van der Waals surface area contributed by atoms with Crippen LogP contribution < -0.4 is 0 Å². The Morgan fingerprint density at radius 2 is 1.94 bits per heavy atom. The maximum atomic E-state index is 13.6. The third-order valence-electron chi connectivity index (χ3n) is 2.42. The van der Waals surface area contributed by atoms with E-state index in [1.165, 1.54) is 24.3 Å². The molecule has 0 amide bonds. The van der Waals surface area contributed by atoms with Crippen LogP contribution in [0.2, 0.25) is 0 Å². The van der Waals surface area contributed by atoms with Crippen LogP contribution in [0, 0.1) is 28.7 Å². The van der Waals surface area contributed by atoms with E-state index in [0.717, 1.165) is 6.07 Å². The molecule has 92 valence electrons. The monoisotopic (exact) mass is 250 g/mol. The summed E-state index contributed by atoms with van der Waals surface area (Å²) in [5.74, 6) is -2.20. The number of hydrogen-bond acceptors (Lipinski definition) is 3. The van der Waals surface area contributed by atoms with Crippen molar-refractivity contribution in [2.75, 3.05) is 0 Å². The molecule has 0 aliphatic rings. The van der Waals surface area contributed by atoms with E-state index in [9.17, 15) is 18.9 Å². The molecule has 0 atom stereocenters. The van der Waals surface area contributed by atoms with Gasteiger partial charge in [0.15, 0.2) is 17.3 Å². The molecule has 4 nitrogen and oxygen atoms in total. The Balaban J connectivity index is 2.73. The van der Waals surface area contributed by atoms with Crippen molar-refractivity contribution in [3.05, 3.63) is 57.8 Å². The lowest BCUT2D eigenvalue weighted by Gasteiger charge is -2.05. The van der Waals surface area contributed by atoms with Crippen molar-refractivity contribution in [1.29, 1.82) is 0 Å². The minimum atomic E-state index is -1.14. The molecule has 1 heterocycles. The number of halogens is 2. The lowest BCUT2D eigenvalue weighted by molar-refractivity contribution is -0.384. The molecular weight excluding hydrogens is 242 g/mol. The second-order valence-corrected chi connectivity index (χ2v) is 3.68. The summed E-state index contributed by atoms with van der Waals surface area (Å²) in [5.41, 5.74) is -0.258. The molecule has 0 aliphatic heterocycles. The van der Waals surface area contributed by atoms with Gasteiger partial charge in [-0.3, -0.25) is 10.1 Å². The minimum absolute atomic E-state index is 0.169. The van der Waals surface area contributed by atoms with E-state index in [2.05, 4.69) is 4.98 Å². The molecule has 18 heavy (non-hydrogen) atoms. The first-order valence-corrected chi connectivity index (χ1v) is 5.07. The molecular formula is C12H8F2N2O2. The zero-order valence-corrected chi connectivity index (χ0v) is 9.35. The van der Waals surface area contributed by atoms with Crippen LogP contribution in [-0.2, 0) is 0 Å². The van der Waals surface area contributed by atoms with Crippen molar-refractivity contribution in [2.24, 2.45) is 0 Å². The lowest BCUT2D eigenvalue weighted by Crippen LogP contribution is -1.99. The highest BCUT2D eigenvalue weighted by atomic mass is 19.2. The average Bonchev–Trinajstić information content (AvgIpc) is 2.32. The second-order valence-electron chi connectivity index (χ2n) is 3.68. The molecule has 6 heteroatoms. The number of aromatic nitrogens is 1. The smallest absolute Gasteiger partial charge is 0.258 e. The summed E-state index contributed by atoms with van der Waals surface area (Å²) in [7, 11) is 0. The van der Waals surface area contributed by atoms with Crippen LogP contribution in [0.1, 0.15) is 5.69 Å². The van der Waals surface area contributed by atoms with Gasteiger partial charge in [-0.1, -0.05) is 6.07 Å². The molecule has 0 aliphatic carbocycles. The minimum Gasteiger partial charge on any atom is -0.258 e. The number of nitrogens with zero attached hydrogens (tertiary/aromatic N) is 2. The van der Waals surface area contributed by atoms with Crippen LogP contribution in [0.15, 0.2) is 30.3 Å². The third kappa shape index (κ3) is 2.04. The van der Waals surface area contributed by atoms with Crippen LogP contribution in [0.4, 0.5) is 14.5 Å². The van der Waals surface area contributed by atoms with Gasteiger partial charge < -0.3 is 0 Å². The SMILES string of the molecule is Cc1ccc([N+](=O)[O-])c(-c2cccc(F)c2F)n1. The summed E-state index contributed by atoms with van der Waals surface area (Å²) in [6, 6.07) is 6.15. The summed E-state index contributed by atoms with van der Waals surface area (Å²) in [6.45, 7) is 1.62. The molecule has 0 spiro atoms. The molecule has 0 fully saturated rings. The highest BCUT2D eigenvalue weighted by molar-refractivity contribution is 5.70. The summed E-state index contributed by atoms with van der Waals surface area (Å²) in [5, 5.41) is 10.9.